The van der Waals surface area contributed by atoms with Gasteiger partial charge in [-0.25, -0.2) is 4.79 Å². The number of carboxylic acids is 1. The smallest absolute Gasteiger partial charge is 0.326 e. The lowest BCUT2D eigenvalue weighted by Crippen LogP contribution is -2.47. The van der Waals surface area contributed by atoms with Gasteiger partial charge in [0.1, 0.15) is 6.04 Å². The molecule has 3 rings (SSSR count). The van der Waals surface area contributed by atoms with E-state index in [4.69, 9.17) is 27.9 Å². The minimum Gasteiger partial charge on any atom is -0.480 e. The minimum atomic E-state index is -1.13. The zero-order valence-corrected chi connectivity index (χ0v) is 14.6. The van der Waals surface area contributed by atoms with Crippen LogP contribution in [0.15, 0.2) is 48.2 Å². The Kier molecular flexibility index (Phi) is 4.70. The summed E-state index contributed by atoms with van der Waals surface area (Å²) < 4.78 is 5.68. The van der Waals surface area contributed by atoms with Gasteiger partial charge in [0.15, 0.2) is 11.5 Å². The van der Waals surface area contributed by atoms with E-state index in [0.29, 0.717) is 27.0 Å². The average Bonchev–Trinajstić information content (AvgIpc) is 2.57. The van der Waals surface area contributed by atoms with E-state index in [0.717, 1.165) is 4.90 Å². The maximum absolute atomic E-state index is 12.8. The van der Waals surface area contributed by atoms with Gasteiger partial charge in [-0.3, -0.25) is 9.69 Å². The first-order valence-electron chi connectivity index (χ1n) is 7.38. The van der Waals surface area contributed by atoms with E-state index in [2.05, 4.69) is 0 Å². The summed E-state index contributed by atoms with van der Waals surface area (Å²) in [6.45, 7) is 1.43. The number of carbonyl (C=O) groups is 2. The number of carbonyl (C=O) groups excluding carboxylic acids is 1. The van der Waals surface area contributed by atoms with Crippen LogP contribution in [0.3, 0.4) is 0 Å². The first-order valence-corrected chi connectivity index (χ1v) is 8.13. The van der Waals surface area contributed by atoms with Gasteiger partial charge >= 0.3 is 5.97 Å². The summed E-state index contributed by atoms with van der Waals surface area (Å²) in [5.41, 5.74) is 1.02. The third-order valence-electron chi connectivity index (χ3n) is 3.74. The summed E-state index contributed by atoms with van der Waals surface area (Å²) >= 11 is 11.8. The number of nitrogens with zero attached hydrogens (tertiary/aromatic N) is 1. The first-order chi connectivity index (χ1) is 11.9. The molecule has 0 aliphatic carbocycles. The van der Waals surface area contributed by atoms with Gasteiger partial charge in [0.25, 0.3) is 5.91 Å². The molecular formula is C18H13Cl2NO4. The van der Waals surface area contributed by atoms with Crippen LogP contribution in [0, 0.1) is 0 Å². The van der Waals surface area contributed by atoms with Crippen LogP contribution < -0.4 is 9.64 Å². The summed E-state index contributed by atoms with van der Waals surface area (Å²) in [5, 5.41) is 10.3. The minimum absolute atomic E-state index is 0.0187. The molecule has 1 amide bonds. The Labute approximate surface area is 154 Å². The van der Waals surface area contributed by atoms with Crippen LogP contribution in [0.5, 0.6) is 5.75 Å². The lowest BCUT2D eigenvalue weighted by Gasteiger charge is -2.33. The Hall–Kier alpha value is -2.50. The molecule has 0 radical (unpaired) electrons. The number of aliphatic carboxylic acids is 1. The molecule has 0 bridgehead atoms. The Morgan fingerprint density at radius 1 is 1.16 bits per heavy atom. The highest BCUT2D eigenvalue weighted by molar-refractivity contribution is 6.31. The fourth-order valence-electron chi connectivity index (χ4n) is 2.45. The van der Waals surface area contributed by atoms with Crippen LogP contribution in [0.1, 0.15) is 12.5 Å². The van der Waals surface area contributed by atoms with Crippen LogP contribution in [-0.2, 0) is 9.59 Å². The fourth-order valence-corrected chi connectivity index (χ4v) is 2.74. The predicted molar refractivity (Wildman–Crippen MR) is 96.1 cm³/mol. The van der Waals surface area contributed by atoms with Gasteiger partial charge in [0, 0.05) is 10.0 Å². The number of ether oxygens (including phenoxy) is 1. The number of fused-ring (bicyclic) bond motifs is 1. The summed E-state index contributed by atoms with van der Waals surface area (Å²) in [4.78, 5) is 25.4. The third kappa shape index (κ3) is 3.48. The molecule has 7 heteroatoms. The lowest BCUT2D eigenvalue weighted by atomic mass is 10.1. The summed E-state index contributed by atoms with van der Waals surface area (Å²) in [6, 6.07) is 10.5. The molecule has 0 spiro atoms. The van der Waals surface area contributed by atoms with E-state index in [9.17, 15) is 14.7 Å². The van der Waals surface area contributed by atoms with Crippen LogP contribution in [-0.4, -0.2) is 23.0 Å². The van der Waals surface area contributed by atoms with Crippen LogP contribution >= 0.6 is 23.2 Å². The molecule has 1 aliphatic rings. The van der Waals surface area contributed by atoms with Gasteiger partial charge < -0.3 is 9.84 Å². The summed E-state index contributed by atoms with van der Waals surface area (Å²) in [5.74, 6) is -1.31. The van der Waals surface area contributed by atoms with E-state index >= 15 is 0 Å². The number of benzene rings is 2. The van der Waals surface area contributed by atoms with Crippen molar-refractivity contribution in [1.82, 2.24) is 0 Å². The number of hydrogen-bond acceptors (Lipinski definition) is 3. The standard InChI is InChI=1S/C18H13Cl2NO4/c1-10(18(23)24)21-14-9-13(20)6-7-15(14)25-16(17(21)22)8-11-2-4-12(19)5-3-11/h2-10H,1H3,(H,23,24)/b16-8+. The van der Waals surface area contributed by atoms with Crippen molar-refractivity contribution in [2.24, 2.45) is 0 Å². The Balaban J connectivity index is 2.09. The molecular weight excluding hydrogens is 365 g/mol. The molecule has 0 aromatic heterocycles. The summed E-state index contributed by atoms with van der Waals surface area (Å²) in [6.07, 6.45) is 1.54. The first kappa shape index (κ1) is 17.3. The number of rotatable bonds is 3. The quantitative estimate of drug-likeness (QED) is 0.812. The highest BCUT2D eigenvalue weighted by Crippen LogP contribution is 2.39. The van der Waals surface area contributed by atoms with Gasteiger partial charge in [-0.1, -0.05) is 35.3 Å². The van der Waals surface area contributed by atoms with Crippen LogP contribution in [0.25, 0.3) is 6.08 Å². The van der Waals surface area contributed by atoms with Crippen molar-refractivity contribution in [3.63, 3.8) is 0 Å². The Morgan fingerprint density at radius 2 is 1.80 bits per heavy atom. The maximum Gasteiger partial charge on any atom is 0.326 e. The van der Waals surface area contributed by atoms with Crippen molar-refractivity contribution in [3.8, 4) is 5.75 Å². The SMILES string of the molecule is CC(C(=O)O)N1C(=O)/C(=C\c2ccc(Cl)cc2)Oc2ccc(Cl)cc21. The average molecular weight is 378 g/mol. The topological polar surface area (TPSA) is 66.8 Å². The molecule has 2 aromatic rings. The van der Waals surface area contributed by atoms with Crippen molar-refractivity contribution in [2.45, 2.75) is 13.0 Å². The Morgan fingerprint density at radius 3 is 2.44 bits per heavy atom. The molecule has 0 saturated heterocycles. The van der Waals surface area contributed by atoms with E-state index in [-0.39, 0.29) is 5.76 Å². The fraction of sp³-hybridized carbons (Fsp3) is 0.111. The second-order valence-corrected chi connectivity index (χ2v) is 6.34. The predicted octanol–water partition coefficient (Wildman–Crippen LogP) is 4.23. The second-order valence-electron chi connectivity index (χ2n) is 5.46. The van der Waals surface area contributed by atoms with Crippen molar-refractivity contribution in [2.75, 3.05) is 4.90 Å². The molecule has 2 aromatic carbocycles. The monoisotopic (exact) mass is 377 g/mol. The zero-order valence-electron chi connectivity index (χ0n) is 13.1. The van der Waals surface area contributed by atoms with Gasteiger partial charge in [-0.05, 0) is 48.9 Å². The number of amides is 1. The zero-order chi connectivity index (χ0) is 18.1. The van der Waals surface area contributed by atoms with Gasteiger partial charge in [-0.2, -0.15) is 0 Å². The van der Waals surface area contributed by atoms with E-state index in [1.165, 1.54) is 19.1 Å². The lowest BCUT2D eigenvalue weighted by molar-refractivity contribution is -0.139. The molecule has 1 heterocycles. The van der Waals surface area contributed by atoms with Gasteiger partial charge in [-0.15, -0.1) is 0 Å². The van der Waals surface area contributed by atoms with Crippen LogP contribution in [0.2, 0.25) is 10.0 Å². The molecule has 0 fully saturated rings. The van der Waals surface area contributed by atoms with E-state index < -0.39 is 17.9 Å². The molecule has 1 aliphatic heterocycles. The molecule has 1 atom stereocenters. The molecule has 5 nitrogen and oxygen atoms in total. The normalized spacial score (nSPS) is 16.4. The number of carboxylic acid groups (broad SMARTS) is 1. The highest BCUT2D eigenvalue weighted by Gasteiger charge is 2.36. The highest BCUT2D eigenvalue weighted by atomic mass is 35.5. The van der Waals surface area contributed by atoms with Gasteiger partial charge in [0.2, 0.25) is 0 Å². The summed E-state index contributed by atoms with van der Waals surface area (Å²) in [7, 11) is 0. The van der Waals surface area contributed by atoms with Crippen molar-refractivity contribution >= 4 is 46.8 Å². The Bertz CT molecular complexity index is 877. The van der Waals surface area contributed by atoms with Crippen molar-refractivity contribution in [3.05, 3.63) is 63.8 Å². The van der Waals surface area contributed by atoms with Crippen LogP contribution in [0.4, 0.5) is 5.69 Å². The second kappa shape index (κ2) is 6.78. The molecule has 1 unspecified atom stereocenters. The number of halogens is 2. The number of anilines is 1. The molecule has 1 N–H and O–H groups in total. The largest absolute Gasteiger partial charge is 0.480 e. The van der Waals surface area contributed by atoms with Gasteiger partial charge in [0.05, 0.1) is 5.69 Å². The molecule has 128 valence electrons. The van der Waals surface area contributed by atoms with E-state index in [1.54, 1.807) is 36.4 Å². The molecule has 25 heavy (non-hydrogen) atoms. The van der Waals surface area contributed by atoms with E-state index in [1.807, 2.05) is 0 Å². The van der Waals surface area contributed by atoms with Crippen molar-refractivity contribution in [1.29, 1.82) is 0 Å². The van der Waals surface area contributed by atoms with Crippen molar-refractivity contribution < 1.29 is 19.4 Å². The third-order valence-corrected chi connectivity index (χ3v) is 4.23. The maximum atomic E-state index is 12.8. The molecule has 0 saturated carbocycles. The number of hydrogen-bond donors (Lipinski definition) is 1.